The number of nitrogens with one attached hydrogen (secondary N) is 1. The predicted octanol–water partition coefficient (Wildman–Crippen LogP) is 1.20. The number of fused-ring (bicyclic) bond motifs is 1. The van der Waals surface area contributed by atoms with Crippen LogP contribution in [-0.2, 0) is 14.4 Å². The molecule has 21 heavy (non-hydrogen) atoms. The Labute approximate surface area is 122 Å². The Balaban J connectivity index is 1.66. The van der Waals surface area contributed by atoms with Crippen molar-refractivity contribution in [2.45, 2.75) is 25.7 Å². The molecule has 2 aliphatic rings. The molecular weight excluding hydrogens is 270 g/mol. The summed E-state index contributed by atoms with van der Waals surface area (Å²) >= 11 is 0. The molecule has 1 N–H and O–H groups in total. The van der Waals surface area contributed by atoms with E-state index in [0.29, 0.717) is 5.69 Å². The molecule has 6 heteroatoms. The van der Waals surface area contributed by atoms with Crippen molar-refractivity contribution in [3.63, 3.8) is 0 Å². The number of pyridine rings is 1. The SMILES string of the molecule is O=C(CN1C(=O)[C@H]2CCCC[C@@H]2C1=O)Nc1cccnc1. The zero-order valence-electron chi connectivity index (χ0n) is 11.6. The molecule has 1 aliphatic heterocycles. The molecule has 110 valence electrons. The van der Waals surface area contributed by atoms with Crippen molar-refractivity contribution in [2.75, 3.05) is 11.9 Å². The molecule has 2 fully saturated rings. The molecule has 1 aliphatic carbocycles. The maximum Gasteiger partial charge on any atom is 0.244 e. The first-order chi connectivity index (χ1) is 10.2. The largest absolute Gasteiger partial charge is 0.323 e. The van der Waals surface area contributed by atoms with Gasteiger partial charge in [-0.05, 0) is 25.0 Å². The predicted molar refractivity (Wildman–Crippen MR) is 75.0 cm³/mol. The molecule has 0 spiro atoms. The first-order valence-electron chi connectivity index (χ1n) is 7.22. The van der Waals surface area contributed by atoms with E-state index in [2.05, 4.69) is 10.3 Å². The highest BCUT2D eigenvalue weighted by atomic mass is 16.2. The number of rotatable bonds is 3. The average Bonchev–Trinajstić information content (AvgIpc) is 2.74. The normalized spacial score (nSPS) is 24.9. The maximum atomic E-state index is 12.3. The minimum Gasteiger partial charge on any atom is -0.323 e. The standard InChI is InChI=1S/C15H17N3O3/c19-13(17-10-4-3-7-16-8-10)9-18-14(20)11-5-1-2-6-12(11)15(18)21/h3-4,7-8,11-12H,1-2,5-6,9H2,(H,17,19)/t11-,12-/m0/s1. The molecule has 0 radical (unpaired) electrons. The quantitative estimate of drug-likeness (QED) is 0.847. The van der Waals surface area contributed by atoms with Crippen LogP contribution in [-0.4, -0.2) is 34.2 Å². The van der Waals surface area contributed by atoms with Crippen LogP contribution >= 0.6 is 0 Å². The second-order valence-corrected chi connectivity index (χ2v) is 5.55. The molecule has 1 aromatic heterocycles. The van der Waals surface area contributed by atoms with Crippen molar-refractivity contribution in [1.82, 2.24) is 9.88 Å². The molecule has 1 saturated carbocycles. The highest BCUT2D eigenvalue weighted by Gasteiger charge is 2.48. The minimum atomic E-state index is -0.372. The number of hydrogen-bond donors (Lipinski definition) is 1. The smallest absolute Gasteiger partial charge is 0.244 e. The first kappa shape index (κ1) is 13.7. The van der Waals surface area contributed by atoms with Crippen molar-refractivity contribution in [2.24, 2.45) is 11.8 Å². The van der Waals surface area contributed by atoms with Crippen molar-refractivity contribution in [3.05, 3.63) is 24.5 Å². The van der Waals surface area contributed by atoms with Crippen molar-refractivity contribution < 1.29 is 14.4 Å². The van der Waals surface area contributed by atoms with Gasteiger partial charge in [0, 0.05) is 6.20 Å². The fraction of sp³-hybridized carbons (Fsp3) is 0.467. The summed E-state index contributed by atoms with van der Waals surface area (Å²) in [6.45, 7) is -0.209. The van der Waals surface area contributed by atoms with Gasteiger partial charge in [0.25, 0.3) is 0 Å². The monoisotopic (exact) mass is 287 g/mol. The van der Waals surface area contributed by atoms with Gasteiger partial charge in [-0.2, -0.15) is 0 Å². The van der Waals surface area contributed by atoms with Gasteiger partial charge in [-0.1, -0.05) is 12.8 Å². The van der Waals surface area contributed by atoms with E-state index in [0.717, 1.165) is 30.6 Å². The van der Waals surface area contributed by atoms with Crippen LogP contribution in [0.5, 0.6) is 0 Å². The number of nitrogens with zero attached hydrogens (tertiary/aromatic N) is 2. The topological polar surface area (TPSA) is 79.4 Å². The zero-order valence-corrected chi connectivity index (χ0v) is 11.6. The molecule has 2 heterocycles. The van der Waals surface area contributed by atoms with Crippen molar-refractivity contribution in [3.8, 4) is 0 Å². The second kappa shape index (κ2) is 5.63. The third-order valence-electron chi connectivity index (χ3n) is 4.18. The van der Waals surface area contributed by atoms with Gasteiger partial charge in [0.2, 0.25) is 17.7 Å². The lowest BCUT2D eigenvalue weighted by Crippen LogP contribution is -2.38. The molecule has 3 rings (SSSR count). The lowest BCUT2D eigenvalue weighted by molar-refractivity contribution is -0.142. The lowest BCUT2D eigenvalue weighted by Gasteiger charge is -2.19. The molecule has 0 unspecified atom stereocenters. The fourth-order valence-electron chi connectivity index (χ4n) is 3.17. The Bertz CT molecular complexity index is 549. The summed E-state index contributed by atoms with van der Waals surface area (Å²) in [6.07, 6.45) is 6.61. The molecule has 1 aromatic rings. The number of anilines is 1. The van der Waals surface area contributed by atoms with Crippen LogP contribution < -0.4 is 5.32 Å². The fourth-order valence-corrected chi connectivity index (χ4v) is 3.17. The van der Waals surface area contributed by atoms with E-state index >= 15 is 0 Å². The summed E-state index contributed by atoms with van der Waals surface area (Å²) in [5.74, 6) is -1.17. The Morgan fingerprint density at radius 1 is 1.24 bits per heavy atom. The van der Waals surface area contributed by atoms with Crippen molar-refractivity contribution in [1.29, 1.82) is 0 Å². The molecule has 0 bridgehead atoms. The van der Waals surface area contributed by atoms with Crippen LogP contribution in [0.3, 0.4) is 0 Å². The van der Waals surface area contributed by atoms with E-state index in [9.17, 15) is 14.4 Å². The minimum absolute atomic E-state index is 0.189. The number of amides is 3. The van der Waals surface area contributed by atoms with Crippen LogP contribution in [0, 0.1) is 11.8 Å². The Kier molecular flexibility index (Phi) is 3.68. The van der Waals surface area contributed by atoms with E-state index in [4.69, 9.17) is 0 Å². The molecule has 2 atom stereocenters. The van der Waals surface area contributed by atoms with E-state index in [1.807, 2.05) is 0 Å². The average molecular weight is 287 g/mol. The summed E-state index contributed by atoms with van der Waals surface area (Å²) in [7, 11) is 0. The number of hydrogen-bond acceptors (Lipinski definition) is 4. The van der Waals surface area contributed by atoms with Crippen LogP contribution in [0.15, 0.2) is 24.5 Å². The Morgan fingerprint density at radius 3 is 2.48 bits per heavy atom. The number of aromatic nitrogens is 1. The van der Waals surface area contributed by atoms with Gasteiger partial charge in [-0.25, -0.2) is 0 Å². The van der Waals surface area contributed by atoms with Crippen molar-refractivity contribution >= 4 is 23.4 Å². The summed E-state index contributed by atoms with van der Waals surface area (Å²) in [5.41, 5.74) is 0.555. The van der Waals surface area contributed by atoms with E-state index in [1.165, 1.54) is 6.20 Å². The van der Waals surface area contributed by atoms with E-state index < -0.39 is 0 Å². The second-order valence-electron chi connectivity index (χ2n) is 5.55. The summed E-state index contributed by atoms with van der Waals surface area (Å²) in [4.78, 5) is 41.5. The highest BCUT2D eigenvalue weighted by molar-refractivity contribution is 6.08. The van der Waals surface area contributed by atoms with Gasteiger partial charge in [-0.3, -0.25) is 24.3 Å². The zero-order chi connectivity index (χ0) is 14.8. The summed E-state index contributed by atoms with van der Waals surface area (Å²) < 4.78 is 0. The van der Waals surface area contributed by atoms with Gasteiger partial charge in [0.15, 0.2) is 0 Å². The molecule has 0 aromatic carbocycles. The number of carbonyl (C=O) groups excluding carboxylic acids is 3. The number of imide groups is 1. The van der Waals surface area contributed by atoms with Gasteiger partial charge in [0.1, 0.15) is 6.54 Å². The van der Waals surface area contributed by atoms with Gasteiger partial charge in [-0.15, -0.1) is 0 Å². The highest BCUT2D eigenvalue weighted by Crippen LogP contribution is 2.37. The lowest BCUT2D eigenvalue weighted by atomic mass is 9.81. The van der Waals surface area contributed by atoms with Crippen LogP contribution in [0.4, 0.5) is 5.69 Å². The van der Waals surface area contributed by atoms with Crippen LogP contribution in [0.2, 0.25) is 0 Å². The number of carbonyl (C=O) groups is 3. The molecular formula is C15H17N3O3. The molecule has 1 saturated heterocycles. The Morgan fingerprint density at radius 2 is 1.90 bits per heavy atom. The van der Waals surface area contributed by atoms with Crippen LogP contribution in [0.1, 0.15) is 25.7 Å². The third-order valence-corrected chi connectivity index (χ3v) is 4.18. The molecule has 6 nitrogen and oxygen atoms in total. The van der Waals surface area contributed by atoms with Gasteiger partial charge in [0.05, 0.1) is 23.7 Å². The Hall–Kier alpha value is -2.24. The van der Waals surface area contributed by atoms with E-state index in [-0.39, 0.29) is 36.1 Å². The molecule has 3 amide bonds. The van der Waals surface area contributed by atoms with Crippen LogP contribution in [0.25, 0.3) is 0 Å². The first-order valence-corrected chi connectivity index (χ1v) is 7.22. The van der Waals surface area contributed by atoms with Gasteiger partial charge < -0.3 is 5.32 Å². The summed E-state index contributed by atoms with van der Waals surface area (Å²) in [5, 5.41) is 2.64. The number of likely N-dealkylation sites (tertiary alicyclic amines) is 1. The summed E-state index contributed by atoms with van der Waals surface area (Å²) in [6, 6.07) is 3.41. The van der Waals surface area contributed by atoms with Gasteiger partial charge >= 0.3 is 0 Å². The van der Waals surface area contributed by atoms with E-state index in [1.54, 1.807) is 18.3 Å². The third kappa shape index (κ3) is 2.66. The maximum absolute atomic E-state index is 12.3.